The number of hydrogen-bond donors (Lipinski definition) is 0. The van der Waals surface area contributed by atoms with Crippen LogP contribution in [0, 0.1) is 12.7 Å². The highest BCUT2D eigenvalue weighted by Crippen LogP contribution is 2.36. The van der Waals surface area contributed by atoms with Crippen LogP contribution < -0.4 is 4.74 Å². The first-order chi connectivity index (χ1) is 9.52. The maximum absolute atomic E-state index is 13.4. The molecule has 0 N–H and O–H groups in total. The summed E-state index contributed by atoms with van der Waals surface area (Å²) in [5, 5.41) is 0.420. The lowest BCUT2D eigenvalue weighted by Gasteiger charge is -2.14. The van der Waals surface area contributed by atoms with Crippen LogP contribution in [-0.4, -0.2) is 6.61 Å². The van der Waals surface area contributed by atoms with Gasteiger partial charge in [-0.15, -0.1) is 0 Å². The molecule has 4 heteroatoms. The molecule has 1 unspecified atom stereocenters. The Morgan fingerprint density at radius 3 is 2.50 bits per heavy atom. The minimum absolute atomic E-state index is 0.0787. The van der Waals surface area contributed by atoms with Crippen molar-refractivity contribution >= 4 is 27.5 Å². The van der Waals surface area contributed by atoms with Crippen LogP contribution in [-0.2, 0) is 0 Å². The predicted molar refractivity (Wildman–Crippen MR) is 84.5 cm³/mol. The summed E-state index contributed by atoms with van der Waals surface area (Å²) in [6.45, 7) is 4.31. The van der Waals surface area contributed by atoms with Crippen LogP contribution in [0.15, 0.2) is 36.4 Å². The molecule has 0 aromatic heterocycles. The molecule has 1 atom stereocenters. The summed E-state index contributed by atoms with van der Waals surface area (Å²) in [5.74, 6) is 0.544. The van der Waals surface area contributed by atoms with Crippen molar-refractivity contribution in [3.8, 4) is 5.75 Å². The highest BCUT2D eigenvalue weighted by molar-refractivity contribution is 9.09. The zero-order chi connectivity index (χ0) is 14.7. The van der Waals surface area contributed by atoms with Gasteiger partial charge in [-0.2, -0.15) is 0 Å². The van der Waals surface area contributed by atoms with Crippen molar-refractivity contribution in [1.29, 1.82) is 0 Å². The number of ether oxygens (including phenoxy) is 1. The fourth-order valence-electron chi connectivity index (χ4n) is 1.95. The zero-order valence-corrected chi connectivity index (χ0v) is 13.6. The molecular formula is C16H15BrClFO. The maximum Gasteiger partial charge on any atom is 0.127 e. The normalized spacial score (nSPS) is 12.2. The van der Waals surface area contributed by atoms with Gasteiger partial charge in [0.05, 0.1) is 11.4 Å². The van der Waals surface area contributed by atoms with Crippen LogP contribution in [0.5, 0.6) is 5.75 Å². The third-order valence-corrected chi connectivity index (χ3v) is 4.38. The Kier molecular flexibility index (Phi) is 5.06. The van der Waals surface area contributed by atoms with Gasteiger partial charge in [0.2, 0.25) is 0 Å². The lowest BCUT2D eigenvalue weighted by Crippen LogP contribution is -1.97. The van der Waals surface area contributed by atoms with Gasteiger partial charge in [0, 0.05) is 5.02 Å². The third-order valence-electron chi connectivity index (χ3n) is 3.03. The molecule has 0 fully saturated rings. The van der Waals surface area contributed by atoms with Crippen molar-refractivity contribution in [1.82, 2.24) is 0 Å². The molecule has 0 aliphatic rings. The molecule has 2 rings (SSSR count). The molecule has 0 saturated carbocycles. The second-order valence-corrected chi connectivity index (χ2v) is 5.81. The van der Waals surface area contributed by atoms with Gasteiger partial charge in [-0.05, 0) is 48.7 Å². The summed E-state index contributed by atoms with van der Waals surface area (Å²) in [4.78, 5) is -0.0787. The van der Waals surface area contributed by atoms with Gasteiger partial charge in [-0.1, -0.05) is 45.7 Å². The van der Waals surface area contributed by atoms with Crippen LogP contribution in [0.1, 0.15) is 28.4 Å². The summed E-state index contributed by atoms with van der Waals surface area (Å²) in [6, 6.07) is 10.9. The number of alkyl halides is 1. The number of hydrogen-bond acceptors (Lipinski definition) is 1. The highest BCUT2D eigenvalue weighted by Gasteiger charge is 2.16. The molecule has 0 amide bonds. The monoisotopic (exact) mass is 356 g/mol. The summed E-state index contributed by atoms with van der Waals surface area (Å²) >= 11 is 9.75. The Morgan fingerprint density at radius 1 is 1.25 bits per heavy atom. The van der Waals surface area contributed by atoms with Crippen molar-refractivity contribution in [2.75, 3.05) is 6.61 Å². The molecule has 0 saturated heterocycles. The average molecular weight is 358 g/mol. The number of rotatable bonds is 4. The standard InChI is InChI=1S/C16H15BrClFO/c1-3-20-12-6-4-11(5-7-12)16(17)13-8-10(2)15(19)9-14(13)18/h4-9,16H,3H2,1-2H3. The number of aryl methyl sites for hydroxylation is 1. The molecule has 0 aliphatic carbocycles. The van der Waals surface area contributed by atoms with Crippen LogP contribution in [0.2, 0.25) is 5.02 Å². The summed E-state index contributed by atoms with van der Waals surface area (Å²) in [6.07, 6.45) is 0. The van der Waals surface area contributed by atoms with E-state index in [0.29, 0.717) is 17.2 Å². The first-order valence-corrected chi connectivity index (χ1v) is 7.64. The van der Waals surface area contributed by atoms with Crippen LogP contribution >= 0.6 is 27.5 Å². The minimum atomic E-state index is -0.287. The van der Waals surface area contributed by atoms with Crippen molar-refractivity contribution in [2.24, 2.45) is 0 Å². The van der Waals surface area contributed by atoms with E-state index in [1.54, 1.807) is 13.0 Å². The molecule has 2 aromatic rings. The number of benzene rings is 2. The van der Waals surface area contributed by atoms with E-state index in [4.69, 9.17) is 16.3 Å². The molecule has 0 aliphatic heterocycles. The highest BCUT2D eigenvalue weighted by atomic mass is 79.9. The van der Waals surface area contributed by atoms with Crippen molar-refractivity contribution in [2.45, 2.75) is 18.7 Å². The first kappa shape index (κ1) is 15.3. The van der Waals surface area contributed by atoms with Crippen LogP contribution in [0.3, 0.4) is 0 Å². The lowest BCUT2D eigenvalue weighted by molar-refractivity contribution is 0.340. The van der Waals surface area contributed by atoms with Gasteiger partial charge in [0.15, 0.2) is 0 Å². The Balaban J connectivity index is 2.31. The minimum Gasteiger partial charge on any atom is -0.494 e. The van der Waals surface area contributed by atoms with E-state index >= 15 is 0 Å². The lowest BCUT2D eigenvalue weighted by atomic mass is 10.0. The SMILES string of the molecule is CCOc1ccc(C(Br)c2cc(C)c(F)cc2Cl)cc1. The largest absolute Gasteiger partial charge is 0.494 e. The fourth-order valence-corrected chi connectivity index (χ4v) is 3.03. The fraction of sp³-hybridized carbons (Fsp3) is 0.250. The Labute approximate surface area is 131 Å². The van der Waals surface area contributed by atoms with Gasteiger partial charge < -0.3 is 4.74 Å². The van der Waals surface area contributed by atoms with Crippen molar-refractivity contribution < 1.29 is 9.13 Å². The number of halogens is 3. The van der Waals surface area contributed by atoms with Gasteiger partial charge in [0.1, 0.15) is 11.6 Å². The molecule has 0 radical (unpaired) electrons. The van der Waals surface area contributed by atoms with Gasteiger partial charge >= 0.3 is 0 Å². The van der Waals surface area contributed by atoms with E-state index in [1.807, 2.05) is 31.2 Å². The van der Waals surface area contributed by atoms with Crippen molar-refractivity contribution in [3.05, 3.63) is 63.9 Å². The molecular weight excluding hydrogens is 343 g/mol. The second kappa shape index (κ2) is 6.59. The van der Waals surface area contributed by atoms with Gasteiger partial charge in [0.25, 0.3) is 0 Å². The summed E-state index contributed by atoms with van der Waals surface area (Å²) in [5.41, 5.74) is 2.48. The molecule has 0 spiro atoms. The second-order valence-electron chi connectivity index (χ2n) is 4.49. The van der Waals surface area contributed by atoms with E-state index in [2.05, 4.69) is 15.9 Å². The predicted octanol–water partition coefficient (Wildman–Crippen LogP) is 5.67. The van der Waals surface area contributed by atoms with Crippen LogP contribution in [0.25, 0.3) is 0 Å². The molecule has 0 bridgehead atoms. The Morgan fingerprint density at radius 2 is 1.90 bits per heavy atom. The molecule has 106 valence electrons. The van der Waals surface area contributed by atoms with E-state index in [1.165, 1.54) is 6.07 Å². The van der Waals surface area contributed by atoms with Gasteiger partial charge in [-0.3, -0.25) is 0 Å². The average Bonchev–Trinajstić information content (AvgIpc) is 2.43. The molecule has 2 aromatic carbocycles. The third kappa shape index (κ3) is 3.33. The Bertz CT molecular complexity index is 598. The topological polar surface area (TPSA) is 9.23 Å². The molecule has 0 heterocycles. The zero-order valence-electron chi connectivity index (χ0n) is 11.3. The summed E-state index contributed by atoms with van der Waals surface area (Å²) < 4.78 is 18.9. The maximum atomic E-state index is 13.4. The first-order valence-electron chi connectivity index (χ1n) is 6.35. The van der Waals surface area contributed by atoms with Crippen molar-refractivity contribution in [3.63, 3.8) is 0 Å². The molecule has 1 nitrogen and oxygen atoms in total. The Hall–Kier alpha value is -1.06. The quantitative estimate of drug-likeness (QED) is 0.641. The summed E-state index contributed by atoms with van der Waals surface area (Å²) in [7, 11) is 0. The van der Waals surface area contributed by atoms with Crippen LogP contribution in [0.4, 0.5) is 4.39 Å². The van der Waals surface area contributed by atoms with E-state index < -0.39 is 0 Å². The van der Waals surface area contributed by atoms with Gasteiger partial charge in [-0.25, -0.2) is 4.39 Å². The van der Waals surface area contributed by atoms with E-state index in [0.717, 1.165) is 16.9 Å². The van der Waals surface area contributed by atoms with E-state index in [9.17, 15) is 4.39 Å². The molecule has 20 heavy (non-hydrogen) atoms. The van der Waals surface area contributed by atoms with E-state index in [-0.39, 0.29) is 10.6 Å². The smallest absolute Gasteiger partial charge is 0.127 e.